The molecule has 0 amide bonds. The average molecular weight is 173 g/mol. The highest BCUT2D eigenvalue weighted by Gasteiger charge is 2.16. The van der Waals surface area contributed by atoms with Crippen LogP contribution >= 0.6 is 0 Å². The molecule has 1 rings (SSSR count). The molecular formula is C8H15NO3. The van der Waals surface area contributed by atoms with Gasteiger partial charge < -0.3 is 9.57 Å². The lowest BCUT2D eigenvalue weighted by Gasteiger charge is -2.18. The molecule has 0 fully saturated rings. The van der Waals surface area contributed by atoms with Crippen LogP contribution in [-0.4, -0.2) is 30.4 Å². The lowest BCUT2D eigenvalue weighted by atomic mass is 10.1. The summed E-state index contributed by atoms with van der Waals surface area (Å²) in [5.41, 5.74) is 0. The molecule has 0 bridgehead atoms. The summed E-state index contributed by atoms with van der Waals surface area (Å²) in [6.45, 7) is 5.06. The van der Waals surface area contributed by atoms with E-state index in [4.69, 9.17) is 4.74 Å². The maximum atomic E-state index is 10.7. The van der Waals surface area contributed by atoms with E-state index in [1.165, 1.54) is 6.21 Å². The van der Waals surface area contributed by atoms with E-state index in [1.54, 1.807) is 0 Å². The molecule has 12 heavy (non-hydrogen) atoms. The van der Waals surface area contributed by atoms with Crippen LogP contribution in [0.25, 0.3) is 0 Å². The predicted molar refractivity (Wildman–Crippen MR) is 44.8 cm³/mol. The third-order valence-electron chi connectivity index (χ3n) is 1.68. The molecule has 4 heteroatoms. The summed E-state index contributed by atoms with van der Waals surface area (Å²) in [4.78, 5) is 5.21. The van der Waals surface area contributed by atoms with Crippen LogP contribution in [0.1, 0.15) is 20.3 Å². The first-order chi connectivity index (χ1) is 5.68. The van der Waals surface area contributed by atoms with Crippen LogP contribution < -0.4 is 0 Å². The standard InChI is InChI=1S/C8H15NO3/c1-7(2)11-6-8-3-4-12-9(10)5-8/h5,7-8H,3-4,6H2,1-2H3. The molecule has 0 aliphatic carbocycles. The van der Waals surface area contributed by atoms with Crippen molar-refractivity contribution in [3.63, 3.8) is 0 Å². The van der Waals surface area contributed by atoms with Crippen LogP contribution in [0.3, 0.4) is 0 Å². The van der Waals surface area contributed by atoms with Crippen LogP contribution in [0, 0.1) is 11.1 Å². The van der Waals surface area contributed by atoms with Crippen molar-refractivity contribution in [1.82, 2.24) is 0 Å². The van der Waals surface area contributed by atoms with Gasteiger partial charge in [-0.1, -0.05) is 0 Å². The third kappa shape index (κ3) is 3.09. The summed E-state index contributed by atoms with van der Waals surface area (Å²) in [6, 6.07) is 0. The Morgan fingerprint density at radius 2 is 2.50 bits per heavy atom. The largest absolute Gasteiger partial charge is 0.404 e. The molecule has 0 spiro atoms. The predicted octanol–water partition coefficient (Wildman–Crippen LogP) is 0.944. The van der Waals surface area contributed by atoms with Gasteiger partial charge in [-0.25, -0.2) is 0 Å². The molecule has 0 saturated heterocycles. The molecule has 70 valence electrons. The van der Waals surface area contributed by atoms with E-state index in [0.29, 0.717) is 18.1 Å². The zero-order chi connectivity index (χ0) is 8.97. The highest BCUT2D eigenvalue weighted by molar-refractivity contribution is 5.55. The highest BCUT2D eigenvalue weighted by atomic mass is 16.9. The summed E-state index contributed by atoms with van der Waals surface area (Å²) in [7, 11) is 0. The van der Waals surface area contributed by atoms with Gasteiger partial charge in [0.15, 0.2) is 0 Å². The highest BCUT2D eigenvalue weighted by Crippen LogP contribution is 2.07. The third-order valence-corrected chi connectivity index (χ3v) is 1.68. The Hall–Kier alpha value is -0.770. The number of nitrogens with zero attached hydrogens (tertiary/aromatic N) is 1. The second kappa shape index (κ2) is 4.30. The van der Waals surface area contributed by atoms with Crippen LogP contribution in [0.2, 0.25) is 0 Å². The zero-order valence-corrected chi connectivity index (χ0v) is 7.53. The minimum Gasteiger partial charge on any atom is -0.404 e. The van der Waals surface area contributed by atoms with Crippen molar-refractivity contribution in [3.8, 4) is 0 Å². The summed E-state index contributed by atoms with van der Waals surface area (Å²) >= 11 is 0. The van der Waals surface area contributed by atoms with Crippen molar-refractivity contribution in [2.45, 2.75) is 26.4 Å². The Morgan fingerprint density at radius 1 is 1.75 bits per heavy atom. The lowest BCUT2D eigenvalue weighted by molar-refractivity contribution is -0.744. The fourth-order valence-corrected chi connectivity index (χ4v) is 1.03. The second-order valence-electron chi connectivity index (χ2n) is 3.20. The maximum Gasteiger partial charge on any atom is 0.215 e. The first-order valence-electron chi connectivity index (χ1n) is 4.24. The van der Waals surface area contributed by atoms with E-state index in [1.807, 2.05) is 13.8 Å². The summed E-state index contributed by atoms with van der Waals surface area (Å²) in [5, 5.41) is 10.7. The number of hydrogen-bond acceptors (Lipinski definition) is 3. The van der Waals surface area contributed by atoms with Crippen LogP contribution in [-0.2, 0) is 9.57 Å². The van der Waals surface area contributed by atoms with Crippen LogP contribution in [0.15, 0.2) is 0 Å². The normalized spacial score (nSPS) is 23.6. The summed E-state index contributed by atoms with van der Waals surface area (Å²) in [5.74, 6) is 0.207. The molecule has 1 aliphatic rings. The van der Waals surface area contributed by atoms with E-state index in [0.717, 1.165) is 6.42 Å². The molecule has 0 saturated carbocycles. The SMILES string of the molecule is CC(C)OCC1C=[N+]([O-])OCC1. The summed E-state index contributed by atoms with van der Waals surface area (Å²) < 4.78 is 5.38. The van der Waals surface area contributed by atoms with Crippen molar-refractivity contribution >= 4 is 6.21 Å². The number of ether oxygens (including phenoxy) is 1. The van der Waals surface area contributed by atoms with Gasteiger partial charge >= 0.3 is 0 Å². The molecule has 1 unspecified atom stereocenters. The van der Waals surface area contributed by atoms with Crippen LogP contribution in [0.5, 0.6) is 0 Å². The van der Waals surface area contributed by atoms with Gasteiger partial charge in [-0.05, 0) is 20.3 Å². The molecule has 0 aromatic heterocycles. The van der Waals surface area contributed by atoms with Gasteiger partial charge in [0, 0.05) is 4.90 Å². The van der Waals surface area contributed by atoms with E-state index < -0.39 is 0 Å². The molecule has 4 nitrogen and oxygen atoms in total. The molecule has 1 atom stereocenters. The molecule has 0 N–H and O–H groups in total. The minimum atomic E-state index is 0.207. The zero-order valence-electron chi connectivity index (χ0n) is 7.53. The topological polar surface area (TPSA) is 44.5 Å². The number of hydrogen-bond donors (Lipinski definition) is 0. The molecule has 0 aromatic carbocycles. The quantitative estimate of drug-likeness (QED) is 0.597. The number of rotatable bonds is 3. The molecular weight excluding hydrogens is 158 g/mol. The Labute approximate surface area is 72.3 Å². The monoisotopic (exact) mass is 173 g/mol. The first-order valence-corrected chi connectivity index (χ1v) is 4.24. The Balaban J connectivity index is 2.27. The van der Waals surface area contributed by atoms with Crippen LogP contribution in [0.4, 0.5) is 0 Å². The van der Waals surface area contributed by atoms with Gasteiger partial charge in [-0.3, -0.25) is 5.21 Å². The smallest absolute Gasteiger partial charge is 0.215 e. The van der Waals surface area contributed by atoms with E-state index in [-0.39, 0.29) is 12.0 Å². The van der Waals surface area contributed by atoms with Gasteiger partial charge in [-0.2, -0.15) is 0 Å². The Kier molecular flexibility index (Phi) is 3.34. The molecule has 1 heterocycles. The fraction of sp³-hybridized carbons (Fsp3) is 0.875. The first kappa shape index (κ1) is 9.32. The minimum absolute atomic E-state index is 0.207. The van der Waals surface area contributed by atoms with Gasteiger partial charge in [-0.15, -0.1) is 0 Å². The van der Waals surface area contributed by atoms with Gasteiger partial charge in [0.2, 0.25) is 6.21 Å². The van der Waals surface area contributed by atoms with Crippen molar-refractivity contribution in [3.05, 3.63) is 5.21 Å². The fourth-order valence-electron chi connectivity index (χ4n) is 1.03. The van der Waals surface area contributed by atoms with Gasteiger partial charge in [0.25, 0.3) is 0 Å². The Bertz CT molecular complexity index is 168. The average Bonchev–Trinajstić information content (AvgIpc) is 2.01. The molecule has 1 aliphatic heterocycles. The van der Waals surface area contributed by atoms with E-state index in [9.17, 15) is 5.21 Å². The molecule has 0 aromatic rings. The van der Waals surface area contributed by atoms with Crippen molar-refractivity contribution in [1.29, 1.82) is 0 Å². The van der Waals surface area contributed by atoms with E-state index >= 15 is 0 Å². The van der Waals surface area contributed by atoms with E-state index in [2.05, 4.69) is 4.84 Å². The maximum absolute atomic E-state index is 10.7. The Morgan fingerprint density at radius 3 is 3.08 bits per heavy atom. The second-order valence-corrected chi connectivity index (χ2v) is 3.20. The summed E-state index contributed by atoms with van der Waals surface area (Å²) in [6.07, 6.45) is 2.61. The van der Waals surface area contributed by atoms with Crippen molar-refractivity contribution in [2.24, 2.45) is 5.92 Å². The lowest BCUT2D eigenvalue weighted by Crippen LogP contribution is -2.26. The van der Waals surface area contributed by atoms with Crippen molar-refractivity contribution in [2.75, 3.05) is 13.2 Å². The van der Waals surface area contributed by atoms with Gasteiger partial charge in [0.05, 0.1) is 25.2 Å². The van der Waals surface area contributed by atoms with Crippen molar-refractivity contribution < 1.29 is 14.5 Å². The molecule has 0 radical (unpaired) electrons. The van der Waals surface area contributed by atoms with Gasteiger partial charge in [0.1, 0.15) is 0 Å².